The number of rotatable bonds is 3. The first-order valence-electron chi connectivity index (χ1n) is 4.55. The first-order chi connectivity index (χ1) is 6.83. The molecule has 0 aliphatic carbocycles. The second kappa shape index (κ2) is 3.62. The molecule has 0 amide bonds. The lowest BCUT2D eigenvalue weighted by molar-refractivity contribution is 0.636. The summed E-state index contributed by atoms with van der Waals surface area (Å²) in [4.78, 5) is 0. The molecule has 0 radical (unpaired) electrons. The van der Waals surface area contributed by atoms with Crippen molar-refractivity contribution in [3.63, 3.8) is 0 Å². The summed E-state index contributed by atoms with van der Waals surface area (Å²) in [5, 5.41) is 7.65. The summed E-state index contributed by atoms with van der Waals surface area (Å²) in [6.07, 6.45) is 3.49. The number of aromatic nitrogens is 2. The van der Waals surface area contributed by atoms with Crippen LogP contribution < -0.4 is 0 Å². The van der Waals surface area contributed by atoms with E-state index in [0.29, 0.717) is 5.52 Å². The van der Waals surface area contributed by atoms with E-state index in [1.54, 1.807) is 6.07 Å². The predicted octanol–water partition coefficient (Wildman–Crippen LogP) is 2.82. The zero-order valence-corrected chi connectivity index (χ0v) is 7.76. The lowest BCUT2D eigenvalue weighted by Gasteiger charge is -1.93. The average molecular weight is 190 g/mol. The Labute approximate surface area is 81.4 Å². The maximum Gasteiger partial charge on any atom is 0.148 e. The molecule has 2 aromatic rings. The van der Waals surface area contributed by atoms with E-state index in [4.69, 9.17) is 0 Å². The van der Waals surface area contributed by atoms with E-state index in [1.807, 2.05) is 12.1 Å². The molecule has 1 aromatic carbocycles. The number of H-pyrrole nitrogens is 1. The Morgan fingerprint density at radius 3 is 3.14 bits per heavy atom. The van der Waals surface area contributed by atoms with E-state index in [0.717, 1.165) is 23.9 Å². The van der Waals surface area contributed by atoms with Gasteiger partial charge in [0, 0.05) is 5.39 Å². The van der Waals surface area contributed by atoms with E-state index in [9.17, 15) is 4.39 Å². The van der Waals surface area contributed by atoms with Crippen molar-refractivity contribution in [3.05, 3.63) is 42.4 Å². The molecule has 1 N–H and O–H groups in total. The van der Waals surface area contributed by atoms with Crippen LogP contribution in [0.15, 0.2) is 30.9 Å². The van der Waals surface area contributed by atoms with Gasteiger partial charge in [-0.25, -0.2) is 4.39 Å². The number of nitrogens with zero attached hydrogens (tertiary/aromatic N) is 1. The fourth-order valence-corrected chi connectivity index (χ4v) is 1.49. The van der Waals surface area contributed by atoms with Crippen molar-refractivity contribution in [2.45, 2.75) is 12.8 Å². The van der Waals surface area contributed by atoms with Crippen LogP contribution in [-0.4, -0.2) is 10.2 Å². The number of halogens is 1. The highest BCUT2D eigenvalue weighted by Gasteiger charge is 2.07. The van der Waals surface area contributed by atoms with E-state index in [1.165, 1.54) is 6.07 Å². The van der Waals surface area contributed by atoms with Gasteiger partial charge in [0.15, 0.2) is 0 Å². The number of hydrogen-bond donors (Lipinski definition) is 1. The summed E-state index contributed by atoms with van der Waals surface area (Å²) in [6.45, 7) is 3.65. The van der Waals surface area contributed by atoms with Crippen molar-refractivity contribution in [2.75, 3.05) is 0 Å². The van der Waals surface area contributed by atoms with Crippen molar-refractivity contribution < 1.29 is 4.39 Å². The van der Waals surface area contributed by atoms with E-state index in [2.05, 4.69) is 16.8 Å². The summed E-state index contributed by atoms with van der Waals surface area (Å²) < 4.78 is 13.2. The molecule has 3 heteroatoms. The molecule has 72 valence electrons. The third-order valence-electron chi connectivity index (χ3n) is 2.21. The number of allylic oxidation sites excluding steroid dienone is 1. The minimum absolute atomic E-state index is 0.250. The highest BCUT2D eigenvalue weighted by Crippen LogP contribution is 2.19. The molecule has 2 nitrogen and oxygen atoms in total. The quantitative estimate of drug-likeness (QED) is 0.741. The van der Waals surface area contributed by atoms with Crippen molar-refractivity contribution >= 4 is 10.9 Å². The average Bonchev–Trinajstić information content (AvgIpc) is 2.60. The van der Waals surface area contributed by atoms with Gasteiger partial charge in [0.25, 0.3) is 0 Å². The number of nitrogens with one attached hydrogen (secondary N) is 1. The Balaban J connectivity index is 2.47. The van der Waals surface area contributed by atoms with Crippen LogP contribution in [0.5, 0.6) is 0 Å². The molecule has 0 saturated heterocycles. The molecule has 0 fully saturated rings. The lowest BCUT2D eigenvalue weighted by atomic mass is 10.1. The van der Waals surface area contributed by atoms with Crippen LogP contribution in [0.4, 0.5) is 4.39 Å². The van der Waals surface area contributed by atoms with Gasteiger partial charge in [0.2, 0.25) is 0 Å². The highest BCUT2D eigenvalue weighted by atomic mass is 19.1. The molecular weight excluding hydrogens is 179 g/mol. The smallest absolute Gasteiger partial charge is 0.148 e. The Morgan fingerprint density at radius 2 is 2.36 bits per heavy atom. The first kappa shape index (κ1) is 8.94. The fraction of sp³-hybridized carbons (Fsp3) is 0.182. The first-order valence-corrected chi connectivity index (χ1v) is 4.55. The number of para-hydroxylation sites is 1. The van der Waals surface area contributed by atoms with Gasteiger partial charge >= 0.3 is 0 Å². The molecule has 2 rings (SSSR count). The molecule has 0 spiro atoms. The predicted molar refractivity (Wildman–Crippen MR) is 54.6 cm³/mol. The molecule has 0 atom stereocenters. The Bertz CT molecular complexity index is 459. The Morgan fingerprint density at radius 1 is 1.50 bits per heavy atom. The minimum Gasteiger partial charge on any atom is -0.275 e. The van der Waals surface area contributed by atoms with E-state index in [-0.39, 0.29) is 5.82 Å². The summed E-state index contributed by atoms with van der Waals surface area (Å²) in [7, 11) is 0. The number of aromatic amines is 1. The monoisotopic (exact) mass is 190 g/mol. The number of benzene rings is 1. The summed E-state index contributed by atoms with van der Waals surface area (Å²) in [5.74, 6) is -0.250. The van der Waals surface area contributed by atoms with Crippen molar-refractivity contribution in [1.29, 1.82) is 0 Å². The van der Waals surface area contributed by atoms with Crippen LogP contribution in [-0.2, 0) is 6.42 Å². The molecule has 14 heavy (non-hydrogen) atoms. The standard InChI is InChI=1S/C11H11FN2/c1-2-3-7-10-8-5-4-6-9(12)11(8)14-13-10/h2,4-6H,1,3,7H2,(H,13,14). The fourth-order valence-electron chi connectivity index (χ4n) is 1.49. The number of fused-ring (bicyclic) bond motifs is 1. The molecule has 0 aliphatic rings. The summed E-state index contributed by atoms with van der Waals surface area (Å²) in [6, 6.07) is 5.00. The van der Waals surface area contributed by atoms with Crippen molar-refractivity contribution in [1.82, 2.24) is 10.2 Å². The SMILES string of the molecule is C=CCCc1n[nH]c2c(F)cccc12. The zero-order valence-electron chi connectivity index (χ0n) is 7.76. The molecule has 0 bridgehead atoms. The molecule has 0 saturated carbocycles. The van der Waals surface area contributed by atoms with Gasteiger partial charge in [-0.2, -0.15) is 5.10 Å². The van der Waals surface area contributed by atoms with Crippen LogP contribution in [0, 0.1) is 5.82 Å². The normalized spacial score (nSPS) is 10.6. The molecule has 0 unspecified atom stereocenters. The van der Waals surface area contributed by atoms with Crippen LogP contribution in [0.1, 0.15) is 12.1 Å². The number of hydrogen-bond acceptors (Lipinski definition) is 1. The van der Waals surface area contributed by atoms with Gasteiger partial charge in [0.1, 0.15) is 11.3 Å². The van der Waals surface area contributed by atoms with Gasteiger partial charge in [-0.15, -0.1) is 6.58 Å². The largest absolute Gasteiger partial charge is 0.275 e. The lowest BCUT2D eigenvalue weighted by Crippen LogP contribution is -1.83. The Kier molecular flexibility index (Phi) is 2.31. The topological polar surface area (TPSA) is 28.7 Å². The van der Waals surface area contributed by atoms with Crippen LogP contribution >= 0.6 is 0 Å². The Hall–Kier alpha value is -1.64. The maximum absolute atomic E-state index is 13.2. The molecule has 1 heterocycles. The van der Waals surface area contributed by atoms with Gasteiger partial charge in [0.05, 0.1) is 5.69 Å². The number of aryl methyl sites for hydroxylation is 1. The summed E-state index contributed by atoms with van der Waals surface area (Å²) >= 11 is 0. The van der Waals surface area contributed by atoms with Gasteiger partial charge in [-0.05, 0) is 18.9 Å². The third kappa shape index (κ3) is 1.41. The van der Waals surface area contributed by atoms with Gasteiger partial charge in [-0.3, -0.25) is 5.10 Å². The van der Waals surface area contributed by atoms with E-state index < -0.39 is 0 Å². The van der Waals surface area contributed by atoms with Crippen molar-refractivity contribution in [2.24, 2.45) is 0 Å². The second-order valence-electron chi connectivity index (χ2n) is 3.16. The van der Waals surface area contributed by atoms with Crippen LogP contribution in [0.25, 0.3) is 10.9 Å². The second-order valence-corrected chi connectivity index (χ2v) is 3.16. The maximum atomic E-state index is 13.2. The summed E-state index contributed by atoms with van der Waals surface area (Å²) in [5.41, 5.74) is 1.39. The zero-order chi connectivity index (χ0) is 9.97. The molecule has 1 aromatic heterocycles. The molecular formula is C11H11FN2. The molecule has 0 aliphatic heterocycles. The van der Waals surface area contributed by atoms with Gasteiger partial charge < -0.3 is 0 Å². The highest BCUT2D eigenvalue weighted by molar-refractivity contribution is 5.81. The van der Waals surface area contributed by atoms with E-state index >= 15 is 0 Å². The van der Waals surface area contributed by atoms with Crippen LogP contribution in [0.3, 0.4) is 0 Å². The minimum atomic E-state index is -0.250. The van der Waals surface area contributed by atoms with Gasteiger partial charge in [-0.1, -0.05) is 18.2 Å². The van der Waals surface area contributed by atoms with Crippen LogP contribution in [0.2, 0.25) is 0 Å². The third-order valence-corrected chi connectivity index (χ3v) is 2.21. The van der Waals surface area contributed by atoms with Crippen molar-refractivity contribution in [3.8, 4) is 0 Å².